The maximum Gasteiger partial charge on any atom is 0.326 e. The number of carbonyl (C=O) groups is 3. The Morgan fingerprint density at radius 2 is 1.89 bits per heavy atom. The molecule has 1 heterocycles. The van der Waals surface area contributed by atoms with Crippen LogP contribution in [0.25, 0.3) is 0 Å². The summed E-state index contributed by atoms with van der Waals surface area (Å²) in [5.74, 6) is -1.68. The first-order chi connectivity index (χ1) is 13.0. The summed E-state index contributed by atoms with van der Waals surface area (Å²) in [6, 6.07) is 13.9. The van der Waals surface area contributed by atoms with Gasteiger partial charge >= 0.3 is 12.0 Å². The summed E-state index contributed by atoms with van der Waals surface area (Å²) in [5.41, 5.74) is -0.0597. The van der Waals surface area contributed by atoms with Gasteiger partial charge in [0, 0.05) is 0 Å². The van der Waals surface area contributed by atoms with E-state index in [9.17, 15) is 18.8 Å². The molecule has 27 heavy (non-hydrogen) atoms. The molecule has 3 rings (SSSR count). The number of rotatable bonds is 6. The summed E-state index contributed by atoms with van der Waals surface area (Å²) in [5, 5.41) is 2.70. The van der Waals surface area contributed by atoms with Crippen LogP contribution in [0.5, 0.6) is 0 Å². The van der Waals surface area contributed by atoms with Gasteiger partial charge in [-0.25, -0.2) is 9.18 Å². The molecule has 0 saturated carbocycles. The molecule has 140 valence electrons. The SMILES string of the molecule is CCC1(c2ccccc2)NC(=O)N(CC(=O)OCc2cccc(F)c2)C1=O. The lowest BCUT2D eigenvalue weighted by molar-refractivity contribution is -0.149. The number of ether oxygens (including phenoxy) is 1. The zero-order valence-electron chi connectivity index (χ0n) is 14.8. The summed E-state index contributed by atoms with van der Waals surface area (Å²) in [4.78, 5) is 38.2. The zero-order chi connectivity index (χ0) is 19.4. The number of nitrogens with zero attached hydrogens (tertiary/aromatic N) is 1. The molecule has 3 amide bonds. The standard InChI is InChI=1S/C20H19FN2O4/c1-2-20(15-8-4-3-5-9-15)18(25)23(19(26)22-20)12-17(24)27-13-14-7-6-10-16(21)11-14/h3-11H,2,12-13H2,1H3,(H,22,26). The van der Waals surface area contributed by atoms with E-state index in [1.54, 1.807) is 37.3 Å². The van der Waals surface area contributed by atoms with Crippen LogP contribution < -0.4 is 5.32 Å². The topological polar surface area (TPSA) is 75.7 Å². The summed E-state index contributed by atoms with van der Waals surface area (Å²) in [6.45, 7) is 1.14. The molecule has 2 aromatic rings. The molecule has 1 aliphatic rings. The molecule has 7 heteroatoms. The molecule has 6 nitrogen and oxygen atoms in total. The molecule has 0 spiro atoms. The lowest BCUT2D eigenvalue weighted by Gasteiger charge is -2.25. The number of halogens is 1. The highest BCUT2D eigenvalue weighted by atomic mass is 19.1. The van der Waals surface area contributed by atoms with Crippen molar-refractivity contribution in [2.75, 3.05) is 6.54 Å². The first kappa shape index (κ1) is 18.6. The lowest BCUT2D eigenvalue weighted by atomic mass is 9.87. The Labute approximate surface area is 155 Å². The van der Waals surface area contributed by atoms with Gasteiger partial charge in [0.1, 0.15) is 24.5 Å². The van der Waals surface area contributed by atoms with Crippen molar-refractivity contribution in [3.63, 3.8) is 0 Å². The van der Waals surface area contributed by atoms with Gasteiger partial charge in [0.05, 0.1) is 0 Å². The molecule has 1 fully saturated rings. The first-order valence-corrected chi connectivity index (χ1v) is 8.56. The fourth-order valence-electron chi connectivity index (χ4n) is 3.10. The van der Waals surface area contributed by atoms with Crippen LogP contribution in [-0.2, 0) is 26.5 Å². The third-order valence-corrected chi connectivity index (χ3v) is 4.55. The van der Waals surface area contributed by atoms with E-state index in [0.29, 0.717) is 17.5 Å². The van der Waals surface area contributed by atoms with Crippen molar-refractivity contribution in [2.24, 2.45) is 0 Å². The summed E-state index contributed by atoms with van der Waals surface area (Å²) < 4.78 is 18.2. The highest BCUT2D eigenvalue weighted by Crippen LogP contribution is 2.32. The van der Waals surface area contributed by atoms with Gasteiger partial charge in [0.2, 0.25) is 0 Å². The molecule has 1 unspecified atom stereocenters. The number of hydrogen-bond acceptors (Lipinski definition) is 4. The van der Waals surface area contributed by atoms with E-state index in [1.165, 1.54) is 18.2 Å². The van der Waals surface area contributed by atoms with Gasteiger partial charge in [-0.15, -0.1) is 0 Å². The summed E-state index contributed by atoms with van der Waals surface area (Å²) >= 11 is 0. The van der Waals surface area contributed by atoms with Gasteiger partial charge in [-0.3, -0.25) is 14.5 Å². The summed E-state index contributed by atoms with van der Waals surface area (Å²) in [6.07, 6.45) is 0.344. The smallest absolute Gasteiger partial charge is 0.326 e. The number of amides is 3. The minimum absolute atomic E-state index is 0.141. The maximum atomic E-state index is 13.2. The second kappa shape index (κ2) is 7.57. The van der Waals surface area contributed by atoms with Crippen molar-refractivity contribution in [3.8, 4) is 0 Å². The zero-order valence-corrected chi connectivity index (χ0v) is 14.8. The predicted octanol–water partition coefficient (Wildman–Crippen LogP) is 2.73. The monoisotopic (exact) mass is 370 g/mol. The third-order valence-electron chi connectivity index (χ3n) is 4.55. The fourth-order valence-corrected chi connectivity index (χ4v) is 3.10. The molecule has 2 aromatic carbocycles. The van der Waals surface area contributed by atoms with Gasteiger partial charge in [-0.05, 0) is 29.7 Å². The number of nitrogens with one attached hydrogen (secondary N) is 1. The van der Waals surface area contributed by atoms with E-state index in [2.05, 4.69) is 5.32 Å². The molecule has 0 bridgehead atoms. The van der Waals surface area contributed by atoms with Gasteiger partial charge in [-0.1, -0.05) is 49.4 Å². The molecule has 1 N–H and O–H groups in total. The van der Waals surface area contributed by atoms with Crippen LogP contribution in [0.2, 0.25) is 0 Å². The molecule has 0 aromatic heterocycles. The Bertz CT molecular complexity index is 871. The van der Waals surface area contributed by atoms with Crippen LogP contribution in [0.3, 0.4) is 0 Å². The van der Waals surface area contributed by atoms with Crippen molar-refractivity contribution in [1.29, 1.82) is 0 Å². The van der Waals surface area contributed by atoms with Gasteiger partial charge in [0.15, 0.2) is 0 Å². The van der Waals surface area contributed by atoms with Crippen LogP contribution >= 0.6 is 0 Å². The van der Waals surface area contributed by atoms with Crippen LogP contribution in [0.1, 0.15) is 24.5 Å². The van der Waals surface area contributed by atoms with Crippen molar-refractivity contribution >= 4 is 17.9 Å². The minimum Gasteiger partial charge on any atom is -0.459 e. The number of imide groups is 1. The third kappa shape index (κ3) is 3.67. The highest BCUT2D eigenvalue weighted by molar-refractivity contribution is 6.09. The second-order valence-corrected chi connectivity index (χ2v) is 6.24. The van der Waals surface area contributed by atoms with Crippen molar-refractivity contribution in [2.45, 2.75) is 25.5 Å². The molecule has 1 saturated heterocycles. The van der Waals surface area contributed by atoms with E-state index in [1.807, 2.05) is 6.07 Å². The van der Waals surface area contributed by atoms with Crippen LogP contribution in [0.15, 0.2) is 54.6 Å². The number of esters is 1. The minimum atomic E-state index is -1.19. The van der Waals surface area contributed by atoms with E-state index in [-0.39, 0.29) is 6.61 Å². The van der Waals surface area contributed by atoms with Gasteiger partial charge < -0.3 is 10.1 Å². The number of carbonyl (C=O) groups excluding carboxylic acids is 3. The molecular weight excluding hydrogens is 351 g/mol. The number of urea groups is 1. The van der Waals surface area contributed by atoms with Crippen LogP contribution in [-0.4, -0.2) is 29.4 Å². The normalized spacial score (nSPS) is 19.1. The van der Waals surface area contributed by atoms with E-state index < -0.39 is 35.8 Å². The number of hydrogen-bond donors (Lipinski definition) is 1. The Kier molecular flexibility index (Phi) is 5.21. The largest absolute Gasteiger partial charge is 0.459 e. The molecule has 0 radical (unpaired) electrons. The molecule has 0 aliphatic carbocycles. The second-order valence-electron chi connectivity index (χ2n) is 6.24. The Hall–Kier alpha value is -3.22. The Balaban J connectivity index is 1.69. The van der Waals surface area contributed by atoms with Crippen LogP contribution in [0.4, 0.5) is 9.18 Å². The van der Waals surface area contributed by atoms with Crippen LogP contribution in [0, 0.1) is 5.82 Å². The maximum absolute atomic E-state index is 13.2. The van der Waals surface area contributed by atoms with Crippen molar-refractivity contribution in [1.82, 2.24) is 10.2 Å². The lowest BCUT2D eigenvalue weighted by Crippen LogP contribution is -2.43. The summed E-state index contributed by atoms with van der Waals surface area (Å²) in [7, 11) is 0. The van der Waals surface area contributed by atoms with E-state index >= 15 is 0 Å². The van der Waals surface area contributed by atoms with E-state index in [0.717, 1.165) is 4.90 Å². The Morgan fingerprint density at radius 3 is 2.56 bits per heavy atom. The fraction of sp³-hybridized carbons (Fsp3) is 0.250. The number of benzene rings is 2. The highest BCUT2D eigenvalue weighted by Gasteiger charge is 2.51. The Morgan fingerprint density at radius 1 is 1.15 bits per heavy atom. The average molecular weight is 370 g/mol. The van der Waals surface area contributed by atoms with E-state index in [4.69, 9.17) is 4.74 Å². The quantitative estimate of drug-likeness (QED) is 0.627. The molecule has 1 atom stereocenters. The average Bonchev–Trinajstić information content (AvgIpc) is 2.92. The van der Waals surface area contributed by atoms with Crippen molar-refractivity contribution < 1.29 is 23.5 Å². The first-order valence-electron chi connectivity index (χ1n) is 8.56. The van der Waals surface area contributed by atoms with Gasteiger partial charge in [-0.2, -0.15) is 0 Å². The molecule has 1 aliphatic heterocycles. The van der Waals surface area contributed by atoms with Gasteiger partial charge in [0.25, 0.3) is 5.91 Å². The predicted molar refractivity (Wildman–Crippen MR) is 94.9 cm³/mol. The molecular formula is C20H19FN2O4. The van der Waals surface area contributed by atoms with Crippen molar-refractivity contribution in [3.05, 3.63) is 71.5 Å².